The molecule has 24 heavy (non-hydrogen) atoms. The Kier molecular flexibility index (Phi) is 4.25. The Balaban J connectivity index is 1.27. The van der Waals surface area contributed by atoms with Crippen molar-refractivity contribution in [2.75, 3.05) is 25.1 Å². The zero-order chi connectivity index (χ0) is 16.5. The van der Waals surface area contributed by atoms with E-state index in [1.165, 1.54) is 25.7 Å². The average Bonchev–Trinajstić information content (AvgIpc) is 3.23. The minimum Gasteiger partial charge on any atom is -0.486 e. The van der Waals surface area contributed by atoms with Gasteiger partial charge in [-0.2, -0.15) is 0 Å². The Morgan fingerprint density at radius 1 is 1.21 bits per heavy atom. The standard InChI is InChI=1S/C19H26N2O3/c1-12(16-9-13-2-3-14(16)8-13)21-19(22)11-20-15-4-5-17-18(10-15)24-7-6-23-17/h4-5,10,12-14,16,20H,2-3,6-9,11H2,1H3,(H,21,22)/t12-,13-,14-,16-/m0/s1. The Morgan fingerprint density at radius 2 is 2.04 bits per heavy atom. The maximum Gasteiger partial charge on any atom is 0.239 e. The lowest BCUT2D eigenvalue weighted by Gasteiger charge is -2.28. The largest absolute Gasteiger partial charge is 0.486 e. The number of nitrogens with one attached hydrogen (secondary N) is 2. The molecule has 1 heterocycles. The van der Waals surface area contributed by atoms with E-state index in [2.05, 4.69) is 17.6 Å². The van der Waals surface area contributed by atoms with Crippen molar-refractivity contribution in [3.63, 3.8) is 0 Å². The lowest BCUT2D eigenvalue weighted by molar-refractivity contribution is -0.120. The van der Waals surface area contributed by atoms with E-state index in [4.69, 9.17) is 9.47 Å². The first-order valence-corrected chi connectivity index (χ1v) is 9.12. The molecular formula is C19H26N2O3. The van der Waals surface area contributed by atoms with Crippen LogP contribution in [-0.4, -0.2) is 31.7 Å². The van der Waals surface area contributed by atoms with E-state index in [1.54, 1.807) is 0 Å². The molecule has 2 bridgehead atoms. The van der Waals surface area contributed by atoms with Crippen LogP contribution in [0.1, 0.15) is 32.6 Å². The molecule has 0 spiro atoms. The van der Waals surface area contributed by atoms with Gasteiger partial charge in [-0.1, -0.05) is 6.42 Å². The number of rotatable bonds is 5. The van der Waals surface area contributed by atoms with Crippen LogP contribution in [0.2, 0.25) is 0 Å². The zero-order valence-corrected chi connectivity index (χ0v) is 14.2. The SMILES string of the molecule is C[C@H](NC(=O)CNc1ccc2c(c1)OCCO2)[C@@H]1C[C@H]2CC[C@H]1C2. The third-order valence-corrected chi connectivity index (χ3v) is 5.82. The molecular weight excluding hydrogens is 304 g/mol. The van der Waals surface area contributed by atoms with Crippen molar-refractivity contribution in [3.05, 3.63) is 18.2 Å². The highest BCUT2D eigenvalue weighted by atomic mass is 16.6. The van der Waals surface area contributed by atoms with Gasteiger partial charge >= 0.3 is 0 Å². The summed E-state index contributed by atoms with van der Waals surface area (Å²) in [5.74, 6) is 3.97. The zero-order valence-electron chi connectivity index (χ0n) is 14.2. The Bertz CT molecular complexity index is 619. The molecule has 0 saturated heterocycles. The fourth-order valence-electron chi connectivity index (χ4n) is 4.65. The molecule has 130 valence electrons. The molecule has 1 aliphatic heterocycles. The number of amides is 1. The van der Waals surface area contributed by atoms with Crippen molar-refractivity contribution >= 4 is 11.6 Å². The summed E-state index contributed by atoms with van der Waals surface area (Å²) in [4.78, 5) is 12.2. The van der Waals surface area contributed by atoms with Crippen LogP contribution >= 0.6 is 0 Å². The monoisotopic (exact) mass is 330 g/mol. The van der Waals surface area contributed by atoms with Gasteiger partial charge in [0.05, 0.1) is 6.54 Å². The summed E-state index contributed by atoms with van der Waals surface area (Å²) < 4.78 is 11.1. The fraction of sp³-hybridized carbons (Fsp3) is 0.632. The second kappa shape index (κ2) is 6.54. The molecule has 5 nitrogen and oxygen atoms in total. The summed E-state index contributed by atoms with van der Waals surface area (Å²) in [5.41, 5.74) is 0.877. The van der Waals surface area contributed by atoms with Crippen LogP contribution < -0.4 is 20.1 Å². The number of hydrogen-bond acceptors (Lipinski definition) is 4. The highest BCUT2D eigenvalue weighted by Crippen LogP contribution is 2.49. The van der Waals surface area contributed by atoms with Crippen LogP contribution in [-0.2, 0) is 4.79 Å². The van der Waals surface area contributed by atoms with Crippen molar-refractivity contribution in [1.29, 1.82) is 0 Å². The molecule has 4 atom stereocenters. The van der Waals surface area contributed by atoms with E-state index < -0.39 is 0 Å². The van der Waals surface area contributed by atoms with Crippen molar-refractivity contribution in [2.24, 2.45) is 17.8 Å². The van der Waals surface area contributed by atoms with E-state index in [9.17, 15) is 4.79 Å². The fourth-order valence-corrected chi connectivity index (χ4v) is 4.65. The van der Waals surface area contributed by atoms with Gasteiger partial charge in [0.25, 0.3) is 0 Å². The minimum absolute atomic E-state index is 0.0557. The van der Waals surface area contributed by atoms with Gasteiger partial charge in [0.15, 0.2) is 11.5 Å². The molecule has 0 unspecified atom stereocenters. The van der Waals surface area contributed by atoms with Gasteiger partial charge in [-0.25, -0.2) is 0 Å². The molecule has 2 aliphatic carbocycles. The third kappa shape index (κ3) is 3.17. The number of hydrogen-bond donors (Lipinski definition) is 2. The van der Waals surface area contributed by atoms with E-state index in [1.807, 2.05) is 18.2 Å². The maximum absolute atomic E-state index is 12.2. The van der Waals surface area contributed by atoms with Crippen LogP contribution in [0.15, 0.2) is 18.2 Å². The van der Waals surface area contributed by atoms with Gasteiger partial charge in [-0.05, 0) is 56.1 Å². The average molecular weight is 330 g/mol. The second-order valence-corrected chi connectivity index (χ2v) is 7.41. The normalized spacial score (nSPS) is 28.5. The molecule has 0 radical (unpaired) electrons. The van der Waals surface area contributed by atoms with E-state index in [0.29, 0.717) is 19.1 Å². The number of benzene rings is 1. The topological polar surface area (TPSA) is 59.6 Å². The molecule has 2 fully saturated rings. The molecule has 4 rings (SSSR count). The van der Waals surface area contributed by atoms with Crippen LogP contribution in [0, 0.1) is 17.8 Å². The van der Waals surface area contributed by atoms with Gasteiger partial charge in [0.1, 0.15) is 13.2 Å². The van der Waals surface area contributed by atoms with Crippen molar-refractivity contribution in [1.82, 2.24) is 5.32 Å². The van der Waals surface area contributed by atoms with Gasteiger partial charge in [-0.3, -0.25) is 4.79 Å². The molecule has 1 amide bonds. The van der Waals surface area contributed by atoms with Crippen LogP contribution in [0.4, 0.5) is 5.69 Å². The summed E-state index contributed by atoms with van der Waals surface area (Å²) in [5, 5.41) is 6.36. The Morgan fingerprint density at radius 3 is 2.79 bits per heavy atom. The van der Waals surface area contributed by atoms with E-state index >= 15 is 0 Å². The molecule has 0 aromatic heterocycles. The lowest BCUT2D eigenvalue weighted by Crippen LogP contribution is -2.42. The first-order valence-electron chi connectivity index (χ1n) is 9.12. The third-order valence-electron chi connectivity index (χ3n) is 5.82. The molecule has 2 N–H and O–H groups in total. The van der Waals surface area contributed by atoms with Gasteiger partial charge in [0.2, 0.25) is 5.91 Å². The van der Waals surface area contributed by atoms with Crippen molar-refractivity contribution < 1.29 is 14.3 Å². The number of carbonyl (C=O) groups excluding carboxylic acids is 1. The number of fused-ring (bicyclic) bond motifs is 3. The first kappa shape index (κ1) is 15.6. The number of ether oxygens (including phenoxy) is 2. The van der Waals surface area contributed by atoms with Gasteiger partial charge in [0, 0.05) is 17.8 Å². The van der Waals surface area contributed by atoms with Crippen molar-refractivity contribution in [2.45, 2.75) is 38.6 Å². The molecule has 1 aromatic rings. The van der Waals surface area contributed by atoms with Gasteiger partial charge < -0.3 is 20.1 Å². The summed E-state index contributed by atoms with van der Waals surface area (Å²) in [6.07, 6.45) is 5.42. The number of anilines is 1. The number of carbonyl (C=O) groups is 1. The molecule has 3 aliphatic rings. The second-order valence-electron chi connectivity index (χ2n) is 7.41. The van der Waals surface area contributed by atoms with Crippen LogP contribution in [0.5, 0.6) is 11.5 Å². The minimum atomic E-state index is 0.0557. The molecule has 2 saturated carbocycles. The van der Waals surface area contributed by atoms with Crippen molar-refractivity contribution in [3.8, 4) is 11.5 Å². The lowest BCUT2D eigenvalue weighted by atomic mass is 9.84. The maximum atomic E-state index is 12.2. The highest BCUT2D eigenvalue weighted by molar-refractivity contribution is 5.81. The summed E-state index contributed by atoms with van der Waals surface area (Å²) in [6, 6.07) is 5.96. The molecule has 5 heteroatoms. The molecule has 1 aromatic carbocycles. The Hall–Kier alpha value is -1.91. The smallest absolute Gasteiger partial charge is 0.239 e. The van der Waals surface area contributed by atoms with Crippen LogP contribution in [0.25, 0.3) is 0 Å². The Labute approximate surface area is 143 Å². The predicted molar refractivity (Wildman–Crippen MR) is 92.5 cm³/mol. The van der Waals surface area contributed by atoms with E-state index in [-0.39, 0.29) is 18.5 Å². The first-order chi connectivity index (χ1) is 11.7. The van der Waals surface area contributed by atoms with Gasteiger partial charge in [-0.15, -0.1) is 0 Å². The summed E-state index contributed by atoms with van der Waals surface area (Å²) in [6.45, 7) is 3.60. The highest BCUT2D eigenvalue weighted by Gasteiger charge is 2.42. The summed E-state index contributed by atoms with van der Waals surface area (Å²) in [7, 11) is 0. The summed E-state index contributed by atoms with van der Waals surface area (Å²) >= 11 is 0. The van der Waals surface area contributed by atoms with Crippen LogP contribution in [0.3, 0.4) is 0 Å². The predicted octanol–water partition coefficient (Wildman–Crippen LogP) is 2.81. The van der Waals surface area contributed by atoms with E-state index in [0.717, 1.165) is 29.0 Å². The quantitative estimate of drug-likeness (QED) is 0.871.